The summed E-state index contributed by atoms with van der Waals surface area (Å²) in [5, 5.41) is 3.26. The molecule has 0 spiro atoms. The van der Waals surface area contributed by atoms with Crippen molar-refractivity contribution in [2.24, 2.45) is 0 Å². The summed E-state index contributed by atoms with van der Waals surface area (Å²) < 4.78 is 0. The summed E-state index contributed by atoms with van der Waals surface area (Å²) in [6.45, 7) is 12.9. The molecule has 1 fully saturated rings. The van der Waals surface area contributed by atoms with E-state index in [-0.39, 0.29) is 0 Å². The molecular formula is C11H25N3. The molecule has 3 nitrogen and oxygen atoms in total. The molecule has 1 N–H and O–H groups in total. The van der Waals surface area contributed by atoms with Crippen molar-refractivity contribution in [3.63, 3.8) is 0 Å². The predicted molar refractivity (Wildman–Crippen MR) is 61.7 cm³/mol. The van der Waals surface area contributed by atoms with E-state index in [1.165, 1.54) is 26.2 Å². The smallest absolute Gasteiger partial charge is 0.0198 e. The number of hydrogen-bond acceptors (Lipinski definition) is 3. The van der Waals surface area contributed by atoms with Gasteiger partial charge in [-0.25, -0.2) is 0 Å². The first kappa shape index (κ1) is 12.0. The first-order valence-electron chi connectivity index (χ1n) is 5.81. The molecule has 0 aromatic carbocycles. The zero-order chi connectivity index (χ0) is 10.6. The maximum atomic E-state index is 3.26. The molecular weight excluding hydrogens is 174 g/mol. The van der Waals surface area contributed by atoms with E-state index in [1.54, 1.807) is 0 Å². The average Bonchev–Trinajstić information content (AvgIpc) is 2.17. The molecule has 84 valence electrons. The monoisotopic (exact) mass is 199 g/mol. The molecule has 1 heterocycles. The van der Waals surface area contributed by atoms with Crippen molar-refractivity contribution in [2.75, 3.05) is 39.8 Å². The van der Waals surface area contributed by atoms with Gasteiger partial charge in [0.1, 0.15) is 0 Å². The van der Waals surface area contributed by atoms with Crippen LogP contribution in [0.2, 0.25) is 0 Å². The fourth-order valence-electron chi connectivity index (χ4n) is 2.40. The zero-order valence-corrected chi connectivity index (χ0v) is 10.1. The van der Waals surface area contributed by atoms with Crippen molar-refractivity contribution in [1.29, 1.82) is 0 Å². The molecule has 0 amide bonds. The van der Waals surface area contributed by atoms with Crippen LogP contribution in [0.25, 0.3) is 0 Å². The lowest BCUT2D eigenvalue weighted by atomic mass is 10.1. The van der Waals surface area contributed by atoms with Crippen LogP contribution in [0.3, 0.4) is 0 Å². The number of piperazine rings is 1. The highest BCUT2D eigenvalue weighted by Gasteiger charge is 2.25. The Morgan fingerprint density at radius 2 is 2.14 bits per heavy atom. The summed E-state index contributed by atoms with van der Waals surface area (Å²) in [6, 6.07) is 1.36. The molecule has 0 saturated carbocycles. The summed E-state index contributed by atoms with van der Waals surface area (Å²) in [6.07, 6.45) is 0. The summed E-state index contributed by atoms with van der Waals surface area (Å²) >= 11 is 0. The lowest BCUT2D eigenvalue weighted by molar-refractivity contribution is 0.0579. The number of rotatable bonds is 4. The van der Waals surface area contributed by atoms with E-state index in [0.717, 1.165) is 6.54 Å². The molecule has 0 aromatic heterocycles. The van der Waals surface area contributed by atoms with E-state index in [4.69, 9.17) is 0 Å². The minimum absolute atomic E-state index is 0.661. The summed E-state index contributed by atoms with van der Waals surface area (Å²) in [4.78, 5) is 5.15. The van der Waals surface area contributed by atoms with E-state index < -0.39 is 0 Å². The van der Waals surface area contributed by atoms with Crippen LogP contribution in [0.4, 0.5) is 0 Å². The van der Waals surface area contributed by atoms with Gasteiger partial charge < -0.3 is 10.2 Å². The molecule has 0 bridgehead atoms. The first-order chi connectivity index (χ1) is 6.69. The SMILES string of the molecule is CCN1CCN(C(C)CNC)C(C)C1. The standard InChI is InChI=1S/C11H25N3/c1-5-13-6-7-14(11(3)9-13)10(2)8-12-4/h10-12H,5-9H2,1-4H3. The van der Waals surface area contributed by atoms with Gasteiger partial charge >= 0.3 is 0 Å². The number of hydrogen-bond donors (Lipinski definition) is 1. The Morgan fingerprint density at radius 1 is 1.43 bits per heavy atom. The van der Waals surface area contributed by atoms with Crippen LogP contribution in [0.15, 0.2) is 0 Å². The highest BCUT2D eigenvalue weighted by molar-refractivity contribution is 4.82. The van der Waals surface area contributed by atoms with Crippen LogP contribution in [0.1, 0.15) is 20.8 Å². The fraction of sp³-hybridized carbons (Fsp3) is 1.00. The maximum Gasteiger partial charge on any atom is 0.0198 e. The number of likely N-dealkylation sites (N-methyl/N-ethyl adjacent to an activating group) is 2. The molecule has 0 aliphatic carbocycles. The van der Waals surface area contributed by atoms with Crippen LogP contribution < -0.4 is 5.32 Å². The lowest BCUT2D eigenvalue weighted by Gasteiger charge is -2.42. The topological polar surface area (TPSA) is 18.5 Å². The van der Waals surface area contributed by atoms with E-state index in [0.29, 0.717) is 12.1 Å². The molecule has 0 aromatic rings. The molecule has 3 heteroatoms. The minimum atomic E-state index is 0.661. The van der Waals surface area contributed by atoms with Gasteiger partial charge in [0.25, 0.3) is 0 Å². The van der Waals surface area contributed by atoms with Gasteiger partial charge in [0.2, 0.25) is 0 Å². The number of nitrogens with one attached hydrogen (secondary N) is 1. The van der Waals surface area contributed by atoms with Crippen molar-refractivity contribution < 1.29 is 0 Å². The highest BCUT2D eigenvalue weighted by atomic mass is 15.3. The second kappa shape index (κ2) is 5.69. The molecule has 2 unspecified atom stereocenters. The van der Waals surface area contributed by atoms with Crippen molar-refractivity contribution in [1.82, 2.24) is 15.1 Å². The van der Waals surface area contributed by atoms with Gasteiger partial charge in [0.15, 0.2) is 0 Å². The second-order valence-corrected chi connectivity index (χ2v) is 4.39. The Labute approximate surface area is 88.5 Å². The molecule has 1 rings (SSSR count). The van der Waals surface area contributed by atoms with Crippen LogP contribution in [0.5, 0.6) is 0 Å². The fourth-order valence-corrected chi connectivity index (χ4v) is 2.40. The van der Waals surface area contributed by atoms with E-state index in [2.05, 4.69) is 35.9 Å². The predicted octanol–water partition coefficient (Wildman–Crippen LogP) is 0.620. The highest BCUT2D eigenvalue weighted by Crippen LogP contribution is 2.12. The minimum Gasteiger partial charge on any atom is -0.318 e. The Bertz CT molecular complexity index is 161. The van der Waals surface area contributed by atoms with Gasteiger partial charge in [-0.2, -0.15) is 0 Å². The summed E-state index contributed by atoms with van der Waals surface area (Å²) in [5.41, 5.74) is 0. The van der Waals surface area contributed by atoms with Gasteiger partial charge in [-0.3, -0.25) is 4.90 Å². The van der Waals surface area contributed by atoms with E-state index in [9.17, 15) is 0 Å². The zero-order valence-electron chi connectivity index (χ0n) is 10.1. The number of nitrogens with zero attached hydrogens (tertiary/aromatic N) is 2. The lowest BCUT2D eigenvalue weighted by Crippen LogP contribution is -2.56. The molecule has 14 heavy (non-hydrogen) atoms. The largest absolute Gasteiger partial charge is 0.318 e. The Balaban J connectivity index is 2.40. The van der Waals surface area contributed by atoms with Crippen molar-refractivity contribution >= 4 is 0 Å². The van der Waals surface area contributed by atoms with E-state index >= 15 is 0 Å². The van der Waals surface area contributed by atoms with Crippen LogP contribution in [0, 0.1) is 0 Å². The Morgan fingerprint density at radius 3 is 2.64 bits per heavy atom. The van der Waals surface area contributed by atoms with E-state index in [1.807, 2.05) is 7.05 Å². The molecule has 1 aliphatic rings. The summed E-state index contributed by atoms with van der Waals surface area (Å²) in [7, 11) is 2.03. The van der Waals surface area contributed by atoms with Crippen LogP contribution >= 0.6 is 0 Å². The van der Waals surface area contributed by atoms with Gasteiger partial charge in [-0.15, -0.1) is 0 Å². The van der Waals surface area contributed by atoms with Gasteiger partial charge in [-0.1, -0.05) is 6.92 Å². The average molecular weight is 199 g/mol. The maximum absolute atomic E-state index is 3.26. The molecule has 1 saturated heterocycles. The Hall–Kier alpha value is -0.120. The van der Waals surface area contributed by atoms with Crippen LogP contribution in [-0.2, 0) is 0 Å². The van der Waals surface area contributed by atoms with Crippen molar-refractivity contribution in [3.8, 4) is 0 Å². The van der Waals surface area contributed by atoms with Crippen LogP contribution in [-0.4, -0.2) is 61.7 Å². The third-order valence-corrected chi connectivity index (χ3v) is 3.28. The Kier molecular flexibility index (Phi) is 4.85. The second-order valence-electron chi connectivity index (χ2n) is 4.39. The van der Waals surface area contributed by atoms with Crippen molar-refractivity contribution in [3.05, 3.63) is 0 Å². The normalized spacial score (nSPS) is 27.9. The molecule has 0 radical (unpaired) electrons. The quantitative estimate of drug-likeness (QED) is 0.716. The molecule has 1 aliphatic heterocycles. The van der Waals surface area contributed by atoms with Gasteiger partial charge in [0.05, 0.1) is 0 Å². The third kappa shape index (κ3) is 2.94. The van der Waals surface area contributed by atoms with Crippen molar-refractivity contribution in [2.45, 2.75) is 32.9 Å². The van der Waals surface area contributed by atoms with Gasteiger partial charge in [-0.05, 0) is 27.4 Å². The third-order valence-electron chi connectivity index (χ3n) is 3.28. The first-order valence-corrected chi connectivity index (χ1v) is 5.81. The molecule has 2 atom stereocenters. The van der Waals surface area contributed by atoms with Gasteiger partial charge in [0, 0.05) is 38.3 Å². The summed E-state index contributed by atoms with van der Waals surface area (Å²) in [5.74, 6) is 0.